The van der Waals surface area contributed by atoms with Crippen LogP contribution >= 0.6 is 0 Å². The molecule has 2 atom stereocenters. The molecule has 2 heterocycles. The van der Waals surface area contributed by atoms with Gasteiger partial charge in [0.05, 0.1) is 0 Å². The first-order chi connectivity index (χ1) is 13.4. The Kier molecular flexibility index (Phi) is 3.33. The van der Waals surface area contributed by atoms with E-state index in [1.54, 1.807) is 0 Å². The second-order valence-electron chi connectivity index (χ2n) is 7.23. The van der Waals surface area contributed by atoms with Crippen molar-refractivity contribution in [2.24, 2.45) is 0 Å². The Balaban J connectivity index is 1.92. The van der Waals surface area contributed by atoms with Gasteiger partial charge in [0.25, 0.3) is 0 Å². The summed E-state index contributed by atoms with van der Waals surface area (Å²) in [6, 6.07) is 2.04. The molecule has 6 aliphatic rings. The molecule has 2 unspecified atom stereocenters. The maximum atomic E-state index is 15.0. The van der Waals surface area contributed by atoms with Gasteiger partial charge in [0, 0.05) is 33.4 Å². The molecule has 0 radical (unpaired) electrons. The minimum Gasteiger partial charge on any atom is -0.357 e. The molecule has 0 spiro atoms. The Hall–Kier alpha value is -2.42. The highest BCUT2D eigenvalue weighted by Gasteiger charge is 2.64. The van der Waals surface area contributed by atoms with E-state index >= 15 is 17.6 Å². The van der Waals surface area contributed by atoms with Crippen LogP contribution < -0.4 is 0 Å². The summed E-state index contributed by atoms with van der Waals surface area (Å²) in [5, 5.41) is 0. The molecule has 0 N–H and O–H groups in total. The average molecular weight is 418 g/mol. The normalized spacial score (nSPS) is 28.8. The van der Waals surface area contributed by atoms with Crippen molar-refractivity contribution in [1.29, 1.82) is 0 Å². The largest absolute Gasteiger partial charge is 0.357 e. The van der Waals surface area contributed by atoms with Crippen molar-refractivity contribution in [3.05, 3.63) is 81.9 Å². The lowest BCUT2D eigenvalue weighted by atomic mass is 9.80. The minimum absolute atomic E-state index is 0.323. The Morgan fingerprint density at radius 3 is 1.21 bits per heavy atom. The monoisotopic (exact) mass is 418 g/mol. The van der Waals surface area contributed by atoms with Crippen LogP contribution in [0.25, 0.3) is 0 Å². The predicted octanol–water partition coefficient (Wildman–Crippen LogP) is 6.45. The fourth-order valence-corrected chi connectivity index (χ4v) is 4.17. The van der Waals surface area contributed by atoms with Gasteiger partial charge in [0.15, 0.2) is 0 Å². The number of rotatable bonds is 0. The Labute approximate surface area is 158 Å². The molecular weight excluding hydrogens is 408 g/mol. The van der Waals surface area contributed by atoms with Crippen LogP contribution in [0.1, 0.15) is 45.6 Å². The highest BCUT2D eigenvalue weighted by Crippen LogP contribution is 2.61. The van der Waals surface area contributed by atoms with Crippen molar-refractivity contribution in [3.8, 4) is 0 Å². The first kappa shape index (κ1) is 18.6. The lowest BCUT2D eigenvalue weighted by Crippen LogP contribution is -2.40. The molecule has 8 rings (SSSR count). The quantitative estimate of drug-likeness (QED) is 0.353. The van der Waals surface area contributed by atoms with Gasteiger partial charge in [-0.1, -0.05) is 48.6 Å². The zero-order valence-corrected chi connectivity index (χ0v) is 14.2. The molecule has 4 aliphatic carbocycles. The number of fused-ring (bicyclic) bond motifs is 2. The van der Waals surface area contributed by atoms with E-state index in [9.17, 15) is 17.6 Å². The average Bonchev–Trinajstić information content (AvgIpc) is 3.29. The smallest absolute Gasteiger partial charge is 0.340 e. The molecule has 9 heteroatoms. The number of ether oxygens (including phenoxy) is 1. The number of hydrogen-bond acceptors (Lipinski definition) is 1. The molecule has 0 saturated carbocycles. The van der Waals surface area contributed by atoms with E-state index in [4.69, 9.17) is 4.74 Å². The fraction of sp³-hybridized carbons (Fsp3) is 0.300. The van der Waals surface area contributed by atoms with Crippen LogP contribution in [-0.4, -0.2) is 0 Å². The van der Waals surface area contributed by atoms with E-state index in [1.165, 1.54) is 12.2 Å². The highest BCUT2D eigenvalue weighted by atomic mass is 19.3. The molecule has 152 valence electrons. The Bertz CT molecular complexity index is 973. The van der Waals surface area contributed by atoms with Crippen LogP contribution in [0, 0.1) is 0 Å². The zero-order chi connectivity index (χ0) is 21.0. The standard InChI is InChI=1S/C20H10F8O/c21-17(22)9-1-2-10(4-3-9)18(23,24)20(27,28)12-6-5-11(19(17,25)26)15-13-7-8-14(29-13)16(12)15/h1-8,13-14H. The SMILES string of the molecule is FC1(F)c2ccc(cc2)C(F)(F)C(F)(F)c2ccc(c3c2C2C=CC3O2)C1(F)F. The maximum Gasteiger partial charge on any atom is 0.340 e. The van der Waals surface area contributed by atoms with Gasteiger partial charge in [0.2, 0.25) is 0 Å². The number of halogens is 8. The molecule has 0 fully saturated rings. The summed E-state index contributed by atoms with van der Waals surface area (Å²) in [7, 11) is 0. The van der Waals surface area contributed by atoms with Gasteiger partial charge in [0.1, 0.15) is 12.2 Å². The van der Waals surface area contributed by atoms with Crippen LogP contribution in [0.5, 0.6) is 0 Å². The molecule has 6 bridgehead atoms. The third-order valence-corrected chi connectivity index (χ3v) is 5.69. The zero-order valence-electron chi connectivity index (χ0n) is 14.2. The summed E-state index contributed by atoms with van der Waals surface area (Å²) >= 11 is 0. The van der Waals surface area contributed by atoms with Crippen LogP contribution in [0.3, 0.4) is 0 Å². The van der Waals surface area contributed by atoms with E-state index < -0.39 is 69.3 Å². The van der Waals surface area contributed by atoms with Gasteiger partial charge in [-0.25, -0.2) is 0 Å². The molecule has 0 amide bonds. The summed E-state index contributed by atoms with van der Waals surface area (Å²) in [5.74, 6) is -19.1. The van der Waals surface area contributed by atoms with Crippen molar-refractivity contribution in [1.82, 2.24) is 0 Å². The molecule has 0 saturated heterocycles. The topological polar surface area (TPSA) is 9.23 Å². The van der Waals surface area contributed by atoms with Gasteiger partial charge in [-0.3, -0.25) is 0 Å². The number of benzene rings is 2. The first-order valence-electron chi connectivity index (χ1n) is 8.54. The second kappa shape index (κ2) is 5.19. The van der Waals surface area contributed by atoms with Crippen molar-refractivity contribution >= 4 is 0 Å². The molecule has 2 aromatic carbocycles. The summed E-state index contributed by atoms with van der Waals surface area (Å²) in [6.45, 7) is 0. The van der Waals surface area contributed by atoms with E-state index in [-0.39, 0.29) is 0 Å². The maximum absolute atomic E-state index is 15.0. The van der Waals surface area contributed by atoms with Gasteiger partial charge in [-0.15, -0.1) is 0 Å². The van der Waals surface area contributed by atoms with Gasteiger partial charge in [-0.05, 0) is 0 Å². The third kappa shape index (κ3) is 2.04. The van der Waals surface area contributed by atoms with E-state index in [2.05, 4.69) is 0 Å². The predicted molar refractivity (Wildman–Crippen MR) is 84.2 cm³/mol. The van der Waals surface area contributed by atoms with Gasteiger partial charge >= 0.3 is 23.7 Å². The molecule has 1 nitrogen and oxygen atoms in total. The van der Waals surface area contributed by atoms with Crippen LogP contribution in [0.15, 0.2) is 48.6 Å². The fourth-order valence-electron chi connectivity index (χ4n) is 4.17. The summed E-state index contributed by atoms with van der Waals surface area (Å²) in [6.07, 6.45) is -0.0746. The molecular formula is C20H10F8O. The van der Waals surface area contributed by atoms with Crippen molar-refractivity contribution in [2.45, 2.75) is 35.9 Å². The van der Waals surface area contributed by atoms with Crippen molar-refractivity contribution in [2.75, 3.05) is 0 Å². The van der Waals surface area contributed by atoms with Gasteiger partial charge in [-0.2, -0.15) is 35.1 Å². The summed E-state index contributed by atoms with van der Waals surface area (Å²) < 4.78 is 125. The second-order valence-corrected chi connectivity index (χ2v) is 7.23. The summed E-state index contributed by atoms with van der Waals surface area (Å²) in [5.41, 5.74) is -6.18. The molecule has 29 heavy (non-hydrogen) atoms. The van der Waals surface area contributed by atoms with Gasteiger partial charge < -0.3 is 4.74 Å². The highest BCUT2D eigenvalue weighted by molar-refractivity contribution is 5.56. The van der Waals surface area contributed by atoms with E-state index in [0.717, 1.165) is 0 Å². The van der Waals surface area contributed by atoms with E-state index in [0.29, 0.717) is 36.4 Å². The first-order valence-corrected chi connectivity index (χ1v) is 8.54. The lowest BCUT2D eigenvalue weighted by molar-refractivity contribution is -0.228. The van der Waals surface area contributed by atoms with E-state index in [1.807, 2.05) is 0 Å². The lowest BCUT2D eigenvalue weighted by Gasteiger charge is -2.34. The number of alkyl halides is 8. The van der Waals surface area contributed by atoms with Crippen molar-refractivity contribution < 1.29 is 39.9 Å². The Morgan fingerprint density at radius 1 is 0.517 bits per heavy atom. The minimum atomic E-state index is -4.80. The van der Waals surface area contributed by atoms with Crippen LogP contribution in [0.2, 0.25) is 0 Å². The molecule has 0 aromatic heterocycles. The molecule has 2 aromatic rings. The Morgan fingerprint density at radius 2 is 0.862 bits per heavy atom. The van der Waals surface area contributed by atoms with Crippen LogP contribution in [0.4, 0.5) is 35.1 Å². The van der Waals surface area contributed by atoms with Crippen molar-refractivity contribution in [3.63, 3.8) is 0 Å². The summed E-state index contributed by atoms with van der Waals surface area (Å²) in [4.78, 5) is 0. The third-order valence-electron chi connectivity index (χ3n) is 5.69. The molecule has 2 aliphatic heterocycles. The number of hydrogen-bond donors (Lipinski definition) is 0. The van der Waals surface area contributed by atoms with Crippen LogP contribution in [-0.2, 0) is 28.4 Å².